The van der Waals surface area contributed by atoms with Gasteiger partial charge in [0.2, 0.25) is 12.5 Å². The number of carbonyl (C=O) groups excluding carboxylic acids is 1. The third-order valence-electron chi connectivity index (χ3n) is 6.43. The van der Waals surface area contributed by atoms with Crippen molar-refractivity contribution in [2.45, 2.75) is 18.9 Å². The molecule has 0 saturated carbocycles. The highest BCUT2D eigenvalue weighted by Crippen LogP contribution is 2.50. The van der Waals surface area contributed by atoms with Crippen molar-refractivity contribution in [2.75, 3.05) is 27.5 Å². The van der Waals surface area contributed by atoms with Gasteiger partial charge in [-0.25, -0.2) is 0 Å². The fraction of sp³-hybridized carbons (Fsp3) is 0.250. The van der Waals surface area contributed by atoms with Gasteiger partial charge in [-0.15, -0.1) is 0 Å². The van der Waals surface area contributed by atoms with Crippen LogP contribution < -0.4 is 14.2 Å². The number of likely N-dealkylation sites (N-methyl/N-ethyl adjacent to an activating group) is 1. The normalized spacial score (nSPS) is 17.2. The Bertz CT molecular complexity index is 1180. The maximum Gasteiger partial charge on any atom is 0.231 e. The van der Waals surface area contributed by atoms with Gasteiger partial charge in [0.05, 0.1) is 7.11 Å². The number of nitrogens with zero attached hydrogens (tertiary/aromatic N) is 1. The molecule has 1 atom stereocenters. The minimum absolute atomic E-state index is 0.0802. The Morgan fingerprint density at radius 1 is 1.06 bits per heavy atom. The maximum atomic E-state index is 13.3. The van der Waals surface area contributed by atoms with Crippen LogP contribution >= 0.6 is 0 Å². The fourth-order valence-corrected chi connectivity index (χ4v) is 4.61. The van der Waals surface area contributed by atoms with E-state index in [0.717, 1.165) is 41.0 Å². The summed E-state index contributed by atoms with van der Waals surface area (Å²) in [5.74, 6) is 2.15. The lowest BCUT2D eigenvalue weighted by Crippen LogP contribution is -2.34. The molecule has 33 heavy (non-hydrogen) atoms. The van der Waals surface area contributed by atoms with Gasteiger partial charge in [0.1, 0.15) is 0 Å². The van der Waals surface area contributed by atoms with Gasteiger partial charge in [-0.2, -0.15) is 0 Å². The second kappa shape index (κ2) is 9.12. The first-order valence-electron chi connectivity index (χ1n) is 11.2. The molecule has 0 spiro atoms. The standard InChI is InChI=1S/C28H27NO4/c1-29-15-14-22-16-25-27(33-18-32-25)28(31-2)26(22)23(29)17-24(30)21-12-10-20(11-13-21)9-8-19-6-4-3-5-7-19/h3-13,16,23H,14-15,17-18H2,1-2H3/b9-8+/t23-/m1/s1. The van der Waals surface area contributed by atoms with E-state index in [1.165, 1.54) is 0 Å². The van der Waals surface area contributed by atoms with E-state index in [0.29, 0.717) is 23.5 Å². The summed E-state index contributed by atoms with van der Waals surface area (Å²) in [7, 11) is 3.70. The Labute approximate surface area is 194 Å². The third kappa shape index (κ3) is 4.24. The summed E-state index contributed by atoms with van der Waals surface area (Å²) in [4.78, 5) is 15.5. The average Bonchev–Trinajstić information content (AvgIpc) is 3.32. The molecule has 0 aliphatic carbocycles. The molecule has 2 aliphatic rings. The molecule has 5 rings (SSSR count). The molecule has 0 fully saturated rings. The Hall–Kier alpha value is -3.57. The maximum absolute atomic E-state index is 13.3. The number of ketones is 1. The van der Waals surface area contributed by atoms with Crippen molar-refractivity contribution in [3.63, 3.8) is 0 Å². The molecule has 0 radical (unpaired) electrons. The second-order valence-corrected chi connectivity index (χ2v) is 8.46. The Morgan fingerprint density at radius 3 is 2.52 bits per heavy atom. The van der Waals surface area contributed by atoms with Crippen molar-refractivity contribution < 1.29 is 19.0 Å². The summed E-state index contributed by atoms with van der Waals surface area (Å²) < 4.78 is 17.0. The van der Waals surface area contributed by atoms with E-state index in [9.17, 15) is 4.79 Å². The number of fused-ring (bicyclic) bond motifs is 2. The zero-order valence-corrected chi connectivity index (χ0v) is 18.9. The number of benzene rings is 3. The predicted octanol–water partition coefficient (Wildman–Crippen LogP) is 5.40. The minimum atomic E-state index is -0.0802. The van der Waals surface area contributed by atoms with E-state index in [1.807, 2.05) is 48.5 Å². The monoisotopic (exact) mass is 441 g/mol. The van der Waals surface area contributed by atoms with Gasteiger partial charge in [0, 0.05) is 30.1 Å². The van der Waals surface area contributed by atoms with E-state index in [1.54, 1.807) is 7.11 Å². The largest absolute Gasteiger partial charge is 0.492 e. The van der Waals surface area contributed by atoms with Gasteiger partial charge in [0.25, 0.3) is 0 Å². The molecule has 0 amide bonds. The van der Waals surface area contributed by atoms with Gasteiger partial charge in [-0.3, -0.25) is 9.69 Å². The van der Waals surface area contributed by atoms with Crippen LogP contribution in [-0.2, 0) is 6.42 Å². The van der Waals surface area contributed by atoms with Gasteiger partial charge < -0.3 is 14.2 Å². The lowest BCUT2D eigenvalue weighted by molar-refractivity contribution is 0.0925. The molecule has 5 nitrogen and oxygen atoms in total. The van der Waals surface area contributed by atoms with E-state index >= 15 is 0 Å². The summed E-state index contributed by atoms with van der Waals surface area (Å²) in [5.41, 5.74) is 5.11. The number of hydrogen-bond acceptors (Lipinski definition) is 5. The number of carbonyl (C=O) groups is 1. The van der Waals surface area contributed by atoms with Crippen LogP contribution in [0.2, 0.25) is 0 Å². The van der Waals surface area contributed by atoms with Crippen LogP contribution in [0.25, 0.3) is 12.2 Å². The Morgan fingerprint density at radius 2 is 1.79 bits per heavy atom. The third-order valence-corrected chi connectivity index (χ3v) is 6.43. The first-order valence-corrected chi connectivity index (χ1v) is 11.2. The molecule has 3 aromatic rings. The van der Waals surface area contributed by atoms with Crippen molar-refractivity contribution in [2.24, 2.45) is 0 Å². The number of ether oxygens (including phenoxy) is 3. The van der Waals surface area contributed by atoms with Gasteiger partial charge in [-0.05, 0) is 36.2 Å². The van der Waals surface area contributed by atoms with Crippen molar-refractivity contribution in [3.8, 4) is 17.2 Å². The highest BCUT2D eigenvalue weighted by Gasteiger charge is 2.35. The zero-order valence-electron chi connectivity index (χ0n) is 18.9. The summed E-state index contributed by atoms with van der Waals surface area (Å²) >= 11 is 0. The van der Waals surface area contributed by atoms with Gasteiger partial charge in [0.15, 0.2) is 17.3 Å². The molecule has 168 valence electrons. The van der Waals surface area contributed by atoms with Crippen molar-refractivity contribution in [3.05, 3.63) is 88.5 Å². The van der Waals surface area contributed by atoms with Crippen molar-refractivity contribution in [1.29, 1.82) is 0 Å². The van der Waals surface area contributed by atoms with Crippen LogP contribution in [0.5, 0.6) is 17.2 Å². The van der Waals surface area contributed by atoms with E-state index in [-0.39, 0.29) is 18.6 Å². The van der Waals surface area contributed by atoms with Gasteiger partial charge >= 0.3 is 0 Å². The Balaban J connectivity index is 1.37. The van der Waals surface area contributed by atoms with Crippen LogP contribution in [0.4, 0.5) is 0 Å². The summed E-state index contributed by atoms with van der Waals surface area (Å²) in [6, 6.07) is 19.9. The molecule has 0 aromatic heterocycles. The SMILES string of the molecule is COc1c2c(cc3c1[C@@H](CC(=O)c1ccc(/C=C/c4ccccc4)cc1)N(C)CC3)OCO2. The van der Waals surface area contributed by atoms with Gasteiger partial charge in [-0.1, -0.05) is 66.7 Å². The predicted molar refractivity (Wildman–Crippen MR) is 129 cm³/mol. The summed E-state index contributed by atoms with van der Waals surface area (Å²) in [5, 5.41) is 0. The molecule has 2 aliphatic heterocycles. The lowest BCUT2D eigenvalue weighted by Gasteiger charge is -2.35. The number of hydrogen-bond donors (Lipinski definition) is 0. The number of Topliss-reactive ketones (excluding diaryl/α,β-unsaturated/α-hetero) is 1. The van der Waals surface area contributed by atoms with Crippen LogP contribution in [-0.4, -0.2) is 38.2 Å². The second-order valence-electron chi connectivity index (χ2n) is 8.46. The number of methoxy groups -OCH3 is 1. The van der Waals surface area contributed by atoms with E-state index < -0.39 is 0 Å². The van der Waals surface area contributed by atoms with Crippen molar-refractivity contribution >= 4 is 17.9 Å². The highest BCUT2D eigenvalue weighted by molar-refractivity contribution is 5.97. The first-order chi connectivity index (χ1) is 16.1. The van der Waals surface area contributed by atoms with E-state index in [2.05, 4.69) is 36.2 Å². The molecule has 3 aromatic carbocycles. The molecular formula is C28H27NO4. The zero-order chi connectivity index (χ0) is 22.8. The van der Waals surface area contributed by atoms with Crippen LogP contribution in [0.3, 0.4) is 0 Å². The first kappa shape index (κ1) is 21.3. The lowest BCUT2D eigenvalue weighted by atomic mass is 9.87. The fourth-order valence-electron chi connectivity index (χ4n) is 4.61. The average molecular weight is 442 g/mol. The molecule has 0 N–H and O–H groups in total. The molecule has 2 heterocycles. The number of rotatable bonds is 6. The molecule has 5 heteroatoms. The van der Waals surface area contributed by atoms with Crippen LogP contribution in [0.15, 0.2) is 60.7 Å². The smallest absolute Gasteiger partial charge is 0.231 e. The van der Waals surface area contributed by atoms with Crippen LogP contribution in [0, 0.1) is 0 Å². The molecule has 0 saturated heterocycles. The van der Waals surface area contributed by atoms with Crippen molar-refractivity contribution in [1.82, 2.24) is 4.90 Å². The summed E-state index contributed by atoms with van der Waals surface area (Å²) in [6.45, 7) is 1.07. The van der Waals surface area contributed by atoms with Crippen LogP contribution in [0.1, 0.15) is 45.1 Å². The minimum Gasteiger partial charge on any atom is -0.492 e. The topological polar surface area (TPSA) is 48.0 Å². The molecular weight excluding hydrogens is 414 g/mol. The van der Waals surface area contributed by atoms with E-state index in [4.69, 9.17) is 14.2 Å². The summed E-state index contributed by atoms with van der Waals surface area (Å²) in [6.07, 6.45) is 5.38. The quantitative estimate of drug-likeness (QED) is 0.379. The Kier molecular flexibility index (Phi) is 5.88. The molecule has 0 bridgehead atoms. The highest BCUT2D eigenvalue weighted by atomic mass is 16.7. The molecule has 0 unspecified atom stereocenters.